The highest BCUT2D eigenvalue weighted by Gasteiger charge is 2.29. The van der Waals surface area contributed by atoms with Crippen molar-refractivity contribution >= 4 is 17.4 Å². The van der Waals surface area contributed by atoms with E-state index in [9.17, 15) is 4.79 Å². The summed E-state index contributed by atoms with van der Waals surface area (Å²) in [6.07, 6.45) is 6.06. The fourth-order valence-electron chi connectivity index (χ4n) is 1.81. The van der Waals surface area contributed by atoms with Crippen molar-refractivity contribution in [3.8, 4) is 5.75 Å². The molecule has 1 atom stereocenters. The molecular formula is C16H18ClN3O2. The van der Waals surface area contributed by atoms with E-state index in [2.05, 4.69) is 10.1 Å². The zero-order valence-electron chi connectivity index (χ0n) is 12.7. The molecule has 1 unspecified atom stereocenters. The molecule has 5 nitrogen and oxygen atoms in total. The number of carbonyl (C=O) groups excluding carboxylic acids is 1. The van der Waals surface area contributed by atoms with Gasteiger partial charge in [0.2, 0.25) is 0 Å². The molecule has 0 spiro atoms. The first-order valence-corrected chi connectivity index (χ1v) is 7.23. The Bertz CT molecular complexity index is 643. The van der Waals surface area contributed by atoms with E-state index in [0.717, 1.165) is 0 Å². The molecule has 1 aromatic carbocycles. The molecule has 0 aliphatic rings. The number of nitrogens with zero attached hydrogens (tertiary/aromatic N) is 3. The van der Waals surface area contributed by atoms with Gasteiger partial charge in [-0.05, 0) is 30.3 Å². The Balaban J connectivity index is 2.14. The van der Waals surface area contributed by atoms with Crippen molar-refractivity contribution in [2.24, 2.45) is 5.41 Å². The van der Waals surface area contributed by atoms with Crippen molar-refractivity contribution in [1.29, 1.82) is 0 Å². The van der Waals surface area contributed by atoms with Crippen LogP contribution in [0.2, 0.25) is 5.02 Å². The van der Waals surface area contributed by atoms with Crippen molar-refractivity contribution < 1.29 is 9.53 Å². The van der Waals surface area contributed by atoms with Crippen LogP contribution in [0.3, 0.4) is 0 Å². The number of benzene rings is 1. The highest BCUT2D eigenvalue weighted by atomic mass is 35.5. The molecule has 1 aromatic heterocycles. The summed E-state index contributed by atoms with van der Waals surface area (Å²) in [4.78, 5) is 16.4. The summed E-state index contributed by atoms with van der Waals surface area (Å²) in [5.74, 6) is 0.662. The number of hydrogen-bond acceptors (Lipinski definition) is 4. The third-order valence-corrected chi connectivity index (χ3v) is 3.26. The van der Waals surface area contributed by atoms with Gasteiger partial charge in [0.25, 0.3) is 0 Å². The largest absolute Gasteiger partial charge is 0.465 e. The summed E-state index contributed by atoms with van der Waals surface area (Å²) in [5.41, 5.74) is -0.499. The Morgan fingerprint density at radius 1 is 1.32 bits per heavy atom. The van der Waals surface area contributed by atoms with Gasteiger partial charge >= 0.3 is 0 Å². The normalized spacial score (nSPS) is 13.3. The summed E-state index contributed by atoms with van der Waals surface area (Å²) >= 11 is 5.82. The van der Waals surface area contributed by atoms with Crippen molar-refractivity contribution in [2.75, 3.05) is 0 Å². The van der Waals surface area contributed by atoms with E-state index >= 15 is 0 Å². The molecule has 1 heterocycles. The molecule has 2 rings (SSSR count). The minimum atomic E-state index is -0.560. The number of aromatic nitrogens is 3. The minimum Gasteiger partial charge on any atom is -0.465 e. The highest BCUT2D eigenvalue weighted by molar-refractivity contribution is 6.30. The number of ether oxygens (including phenoxy) is 1. The van der Waals surface area contributed by atoms with E-state index in [4.69, 9.17) is 16.3 Å². The van der Waals surface area contributed by atoms with Gasteiger partial charge in [-0.15, -0.1) is 0 Å². The summed E-state index contributed by atoms with van der Waals surface area (Å²) < 4.78 is 7.01. The summed E-state index contributed by atoms with van der Waals surface area (Å²) in [5, 5.41) is 4.69. The van der Waals surface area contributed by atoms with Crippen molar-refractivity contribution in [3.05, 3.63) is 54.3 Å². The second kappa shape index (κ2) is 6.75. The number of allylic oxidation sites excluding steroid dienone is 1. The predicted molar refractivity (Wildman–Crippen MR) is 84.7 cm³/mol. The maximum absolute atomic E-state index is 12.5. The van der Waals surface area contributed by atoms with Gasteiger partial charge in [0.15, 0.2) is 5.78 Å². The third-order valence-electron chi connectivity index (χ3n) is 3.01. The zero-order chi connectivity index (χ0) is 16.2. The number of Topliss-reactive ketones (excluding diaryl/α,β-unsaturated/α-hetero) is 1. The Labute approximate surface area is 134 Å². The van der Waals surface area contributed by atoms with Crippen LogP contribution in [-0.4, -0.2) is 20.5 Å². The SMILES string of the molecule is CC(C)(C)C(=O)C(C=COc1ccc(Cl)cc1)n1cncn1. The van der Waals surface area contributed by atoms with Gasteiger partial charge in [-0.2, -0.15) is 5.10 Å². The summed E-state index contributed by atoms with van der Waals surface area (Å²) in [6.45, 7) is 5.60. The maximum Gasteiger partial charge on any atom is 0.166 e. The Kier molecular flexibility index (Phi) is 4.98. The molecule has 6 heteroatoms. The van der Waals surface area contributed by atoms with E-state index in [1.54, 1.807) is 30.3 Å². The number of ketones is 1. The molecule has 0 N–H and O–H groups in total. The Morgan fingerprint density at radius 2 is 2.00 bits per heavy atom. The van der Waals surface area contributed by atoms with Crippen LogP contribution in [0.5, 0.6) is 5.75 Å². The van der Waals surface area contributed by atoms with Gasteiger partial charge in [-0.3, -0.25) is 4.79 Å². The molecular weight excluding hydrogens is 302 g/mol. The minimum absolute atomic E-state index is 0.0222. The average molecular weight is 320 g/mol. The van der Waals surface area contributed by atoms with Gasteiger partial charge in [-0.25, -0.2) is 9.67 Å². The lowest BCUT2D eigenvalue weighted by molar-refractivity contribution is -0.128. The molecule has 22 heavy (non-hydrogen) atoms. The van der Waals surface area contributed by atoms with Crippen LogP contribution in [0.25, 0.3) is 0 Å². The first-order valence-electron chi connectivity index (χ1n) is 6.85. The summed E-state index contributed by atoms with van der Waals surface area (Å²) in [6, 6.07) is 6.42. The van der Waals surface area contributed by atoms with Gasteiger partial charge in [0.1, 0.15) is 24.4 Å². The van der Waals surface area contributed by atoms with Crippen LogP contribution in [-0.2, 0) is 4.79 Å². The van der Waals surface area contributed by atoms with Crippen LogP contribution < -0.4 is 4.74 Å². The van der Waals surface area contributed by atoms with Gasteiger partial charge in [-0.1, -0.05) is 32.4 Å². The first-order chi connectivity index (χ1) is 10.4. The molecule has 0 saturated carbocycles. The molecule has 0 bridgehead atoms. The van der Waals surface area contributed by atoms with Gasteiger partial charge < -0.3 is 4.74 Å². The fourth-order valence-corrected chi connectivity index (χ4v) is 1.93. The second-order valence-electron chi connectivity index (χ2n) is 5.83. The highest BCUT2D eigenvalue weighted by Crippen LogP contribution is 2.24. The lowest BCUT2D eigenvalue weighted by atomic mass is 9.86. The third kappa shape index (κ3) is 4.18. The van der Waals surface area contributed by atoms with Crippen molar-refractivity contribution in [2.45, 2.75) is 26.8 Å². The lowest BCUT2D eigenvalue weighted by Crippen LogP contribution is -2.29. The number of carbonyl (C=O) groups is 1. The van der Waals surface area contributed by atoms with E-state index in [1.165, 1.54) is 23.6 Å². The number of halogens is 1. The molecule has 116 valence electrons. The predicted octanol–water partition coefficient (Wildman–Crippen LogP) is 3.68. The molecule has 0 amide bonds. The number of hydrogen-bond donors (Lipinski definition) is 0. The standard InChI is InChI=1S/C16H18ClN3O2/c1-16(2,3)15(21)14(20-11-18-10-19-20)8-9-22-13-6-4-12(17)5-7-13/h4-11,14H,1-3H3. The van der Waals surface area contributed by atoms with Gasteiger partial charge in [0, 0.05) is 10.4 Å². The van der Waals surface area contributed by atoms with Crippen LogP contribution in [0, 0.1) is 5.41 Å². The van der Waals surface area contributed by atoms with E-state index < -0.39 is 11.5 Å². The number of rotatable bonds is 5. The molecule has 2 aromatic rings. The molecule has 0 radical (unpaired) electrons. The Morgan fingerprint density at radius 3 is 2.55 bits per heavy atom. The quantitative estimate of drug-likeness (QED) is 0.789. The van der Waals surface area contributed by atoms with E-state index in [1.807, 2.05) is 20.8 Å². The van der Waals surface area contributed by atoms with Crippen LogP contribution in [0.1, 0.15) is 26.8 Å². The topological polar surface area (TPSA) is 57.0 Å². The fraction of sp³-hybridized carbons (Fsp3) is 0.312. The Hall–Kier alpha value is -2.14. The van der Waals surface area contributed by atoms with Crippen molar-refractivity contribution in [3.63, 3.8) is 0 Å². The van der Waals surface area contributed by atoms with Crippen molar-refractivity contribution in [1.82, 2.24) is 14.8 Å². The first kappa shape index (κ1) is 16.2. The van der Waals surface area contributed by atoms with Crippen LogP contribution >= 0.6 is 11.6 Å². The van der Waals surface area contributed by atoms with E-state index in [0.29, 0.717) is 10.8 Å². The zero-order valence-corrected chi connectivity index (χ0v) is 13.5. The maximum atomic E-state index is 12.5. The van der Waals surface area contributed by atoms with E-state index in [-0.39, 0.29) is 5.78 Å². The van der Waals surface area contributed by atoms with Crippen LogP contribution in [0.4, 0.5) is 0 Å². The average Bonchev–Trinajstić information content (AvgIpc) is 2.98. The molecule has 0 aliphatic heterocycles. The summed E-state index contributed by atoms with van der Waals surface area (Å²) in [7, 11) is 0. The van der Waals surface area contributed by atoms with Gasteiger partial charge in [0.05, 0.1) is 6.26 Å². The molecule has 0 aliphatic carbocycles. The monoisotopic (exact) mass is 319 g/mol. The second-order valence-corrected chi connectivity index (χ2v) is 6.27. The smallest absolute Gasteiger partial charge is 0.166 e. The van der Waals surface area contributed by atoms with Crippen LogP contribution in [0.15, 0.2) is 49.3 Å². The molecule has 0 fully saturated rings. The molecule has 0 saturated heterocycles. The lowest BCUT2D eigenvalue weighted by Gasteiger charge is -2.22.